The van der Waals surface area contributed by atoms with Gasteiger partial charge < -0.3 is 20.1 Å². The van der Waals surface area contributed by atoms with Gasteiger partial charge in [0.1, 0.15) is 11.9 Å². The first kappa shape index (κ1) is 43.4. The molecule has 0 aliphatic heterocycles. The second-order valence-corrected chi connectivity index (χ2v) is 21.8. The maximum Gasteiger partial charge on any atom is 0.307 e. The smallest absolute Gasteiger partial charge is 0.307 e. The summed E-state index contributed by atoms with van der Waals surface area (Å²) < 4.78 is 15.8. The molecule has 0 radical (unpaired) electrons. The first-order valence-corrected chi connectivity index (χ1v) is 22.4. The molecule has 2 N–H and O–H groups in total. The first-order valence-electron chi connectivity index (χ1n) is 22.4. The number of likely N-dealkylation sites (N-methyl/N-ethyl adjacent to an activating group) is 1. The van der Waals surface area contributed by atoms with E-state index in [0.717, 1.165) is 80.6 Å². The molecule has 1 aromatic heterocycles. The molecule has 0 spiro atoms. The molecule has 10 nitrogen and oxygen atoms in total. The van der Waals surface area contributed by atoms with Crippen LogP contribution in [0.3, 0.4) is 0 Å². The second-order valence-electron chi connectivity index (χ2n) is 21.8. The topological polar surface area (TPSA) is 126 Å². The Morgan fingerprint density at radius 2 is 1.59 bits per heavy atom. The average Bonchev–Trinajstić information content (AvgIpc) is 3.65. The minimum absolute atomic E-state index is 0.0204. The van der Waals surface area contributed by atoms with Gasteiger partial charge >= 0.3 is 5.97 Å². The standard InChI is InChI=1S/C49H72N4O6/c1-30(2)41-34(54)28-49(37-27-39(55)53(52(37)26-25-51(10)11)31-13-15-32(58-12)16-14-31)24-23-47(8)33(42(41)49)17-18-36-46(7)21-20-38(59-40(56)29-44(3,4)43(50)57)45(5,6)35(46)19-22-48(36,47)9/h13-16,27,30,33,35-36,38H,17-26,28-29H2,1-12H3,(H2,50,57)/t33-,35+,36-,38+,46+,47-,48-,49+/m1/s1. The fraction of sp³-hybridized carbons (Fsp3) is 0.714. The number of allylic oxidation sites excluding steroid dienone is 2. The van der Waals surface area contributed by atoms with E-state index in [1.54, 1.807) is 21.0 Å². The number of Topliss-reactive ketones (excluding diaryl/α,β-unsaturated/α-hetero) is 1. The molecule has 10 heteroatoms. The van der Waals surface area contributed by atoms with E-state index in [2.05, 4.69) is 72.1 Å². The number of nitrogens with zero attached hydrogens (tertiary/aromatic N) is 3. The highest BCUT2D eigenvalue weighted by Crippen LogP contribution is 2.77. The van der Waals surface area contributed by atoms with E-state index in [4.69, 9.17) is 15.2 Å². The lowest BCUT2D eigenvalue weighted by Crippen LogP contribution is -2.66. The molecule has 0 unspecified atom stereocenters. The number of amides is 1. The van der Waals surface area contributed by atoms with E-state index >= 15 is 0 Å². The number of carbonyl (C=O) groups excluding carboxylic acids is 3. The van der Waals surface area contributed by atoms with Crippen molar-refractivity contribution in [3.63, 3.8) is 0 Å². The van der Waals surface area contributed by atoms with E-state index in [1.807, 2.05) is 35.0 Å². The summed E-state index contributed by atoms with van der Waals surface area (Å²) in [5, 5.41) is 0. The molecule has 8 atom stereocenters. The summed E-state index contributed by atoms with van der Waals surface area (Å²) in [7, 11) is 5.77. The van der Waals surface area contributed by atoms with Gasteiger partial charge in [-0.2, -0.15) is 0 Å². The zero-order chi connectivity index (χ0) is 43.2. The average molecular weight is 813 g/mol. The van der Waals surface area contributed by atoms with Gasteiger partial charge in [-0.15, -0.1) is 0 Å². The van der Waals surface area contributed by atoms with Crippen molar-refractivity contribution >= 4 is 17.7 Å². The highest BCUT2D eigenvalue weighted by molar-refractivity contribution is 6.01. The molecule has 59 heavy (non-hydrogen) atoms. The molecule has 2 aromatic rings. The summed E-state index contributed by atoms with van der Waals surface area (Å²) in [5.74, 6) is 1.29. The number of ketones is 1. The molecule has 4 saturated carbocycles. The predicted octanol–water partition coefficient (Wildman–Crippen LogP) is 8.25. The van der Waals surface area contributed by atoms with Gasteiger partial charge in [0.15, 0.2) is 5.78 Å². The Balaban J connectivity index is 1.27. The molecule has 4 fully saturated rings. The molecule has 0 saturated heterocycles. The normalized spacial score (nSPS) is 34.0. The zero-order valence-corrected chi connectivity index (χ0v) is 38.1. The number of rotatable bonds is 11. The van der Waals surface area contributed by atoms with E-state index < -0.39 is 16.7 Å². The molecule has 1 amide bonds. The fourth-order valence-electron chi connectivity index (χ4n) is 14.1. The van der Waals surface area contributed by atoms with Crippen molar-refractivity contribution in [2.24, 2.45) is 56.5 Å². The number of nitrogens with two attached hydrogens (primary N) is 1. The third kappa shape index (κ3) is 6.59. The Morgan fingerprint density at radius 1 is 0.915 bits per heavy atom. The quantitative estimate of drug-likeness (QED) is 0.227. The van der Waals surface area contributed by atoms with Gasteiger partial charge in [-0.05, 0) is 141 Å². The molecular weight excluding hydrogens is 741 g/mol. The Hall–Kier alpha value is -3.66. The SMILES string of the molecule is COc1ccc(-n2c(=O)cc([C@@]34CC[C@]5(C)[C@H](CC[C@@H]6[C@@]7(C)CC[C@H](OC(=O)CC(C)(C)C(N)=O)C(C)(C)[C@@H]7CC[C@]65C)C3=C(C(C)C)C(=O)C4)n2CCN(C)C)cc1. The van der Waals surface area contributed by atoms with Crippen molar-refractivity contribution in [3.05, 3.63) is 57.5 Å². The van der Waals surface area contributed by atoms with Gasteiger partial charge in [0.2, 0.25) is 5.91 Å². The summed E-state index contributed by atoms with van der Waals surface area (Å²) in [6.45, 7) is 21.4. The van der Waals surface area contributed by atoms with Crippen LogP contribution in [0.2, 0.25) is 0 Å². The minimum atomic E-state index is -0.957. The summed E-state index contributed by atoms with van der Waals surface area (Å²) in [5.41, 5.74) is 7.96. The highest BCUT2D eigenvalue weighted by atomic mass is 16.5. The monoisotopic (exact) mass is 813 g/mol. The number of benzene rings is 1. The summed E-state index contributed by atoms with van der Waals surface area (Å²) in [4.78, 5) is 56.4. The maximum absolute atomic E-state index is 14.6. The molecule has 1 aromatic carbocycles. The number of fused-ring (bicyclic) bond motifs is 7. The third-order valence-corrected chi connectivity index (χ3v) is 17.5. The summed E-state index contributed by atoms with van der Waals surface area (Å²) in [6, 6.07) is 9.56. The number of methoxy groups -OCH3 is 1. The number of primary amides is 1. The molecular formula is C49H72N4O6. The van der Waals surface area contributed by atoms with Crippen molar-refractivity contribution in [2.45, 2.75) is 145 Å². The van der Waals surface area contributed by atoms with Gasteiger partial charge in [-0.25, -0.2) is 4.68 Å². The molecule has 1 heterocycles. The number of esters is 1. The van der Waals surface area contributed by atoms with Crippen LogP contribution in [0.15, 0.2) is 46.3 Å². The van der Waals surface area contributed by atoms with Gasteiger partial charge in [0.05, 0.1) is 36.9 Å². The third-order valence-electron chi connectivity index (χ3n) is 17.5. The number of carbonyl (C=O) groups is 3. The molecule has 324 valence electrons. The van der Waals surface area contributed by atoms with E-state index in [1.165, 1.54) is 5.57 Å². The number of aromatic nitrogens is 2. The van der Waals surface area contributed by atoms with Crippen LogP contribution < -0.4 is 16.0 Å². The molecule has 5 aliphatic rings. The number of hydrogen-bond acceptors (Lipinski definition) is 7. The maximum atomic E-state index is 14.6. The predicted molar refractivity (Wildman–Crippen MR) is 231 cm³/mol. The lowest BCUT2D eigenvalue weighted by atomic mass is 9.33. The van der Waals surface area contributed by atoms with Crippen LogP contribution in [0.25, 0.3) is 5.69 Å². The van der Waals surface area contributed by atoms with Crippen LogP contribution in [0, 0.1) is 50.7 Å². The fourth-order valence-corrected chi connectivity index (χ4v) is 14.1. The molecule has 5 aliphatic carbocycles. The van der Waals surface area contributed by atoms with Gasteiger partial charge in [0.25, 0.3) is 5.56 Å². The Kier molecular flexibility index (Phi) is 10.9. The summed E-state index contributed by atoms with van der Waals surface area (Å²) >= 11 is 0. The van der Waals surface area contributed by atoms with Crippen LogP contribution in [-0.2, 0) is 31.1 Å². The van der Waals surface area contributed by atoms with E-state index in [9.17, 15) is 19.2 Å². The zero-order valence-electron chi connectivity index (χ0n) is 38.1. The van der Waals surface area contributed by atoms with Crippen LogP contribution in [-0.4, -0.2) is 65.8 Å². The van der Waals surface area contributed by atoms with Crippen molar-refractivity contribution < 1.29 is 23.9 Å². The first-order chi connectivity index (χ1) is 27.5. The van der Waals surface area contributed by atoms with Gasteiger partial charge in [-0.3, -0.25) is 23.9 Å². The lowest BCUT2D eigenvalue weighted by Gasteiger charge is -2.72. The van der Waals surface area contributed by atoms with Crippen LogP contribution in [0.4, 0.5) is 0 Å². The van der Waals surface area contributed by atoms with Gasteiger partial charge in [0, 0.05) is 29.9 Å². The van der Waals surface area contributed by atoms with Crippen molar-refractivity contribution in [2.75, 3.05) is 27.7 Å². The second kappa shape index (κ2) is 14.8. The highest BCUT2D eigenvalue weighted by Gasteiger charge is 2.70. The van der Waals surface area contributed by atoms with Crippen molar-refractivity contribution in [1.29, 1.82) is 0 Å². The van der Waals surface area contributed by atoms with Crippen molar-refractivity contribution in [1.82, 2.24) is 14.3 Å². The Bertz CT molecular complexity index is 2090. The van der Waals surface area contributed by atoms with E-state index in [-0.39, 0.29) is 63.3 Å². The van der Waals surface area contributed by atoms with Crippen LogP contribution in [0.1, 0.15) is 132 Å². The van der Waals surface area contributed by atoms with Crippen LogP contribution in [0.5, 0.6) is 5.75 Å². The minimum Gasteiger partial charge on any atom is -0.497 e. The van der Waals surface area contributed by atoms with Crippen LogP contribution >= 0.6 is 0 Å². The number of ether oxygens (including phenoxy) is 2. The molecule has 7 rings (SSSR count). The molecule has 0 bridgehead atoms. The lowest BCUT2D eigenvalue weighted by molar-refractivity contribution is -0.232. The van der Waals surface area contributed by atoms with Gasteiger partial charge in [-0.1, -0.05) is 62.3 Å². The Morgan fingerprint density at radius 3 is 2.20 bits per heavy atom. The summed E-state index contributed by atoms with van der Waals surface area (Å²) in [6.07, 6.45) is 8.01. The largest absolute Gasteiger partial charge is 0.497 e. The Labute approximate surface area is 352 Å². The number of hydrogen-bond donors (Lipinski definition) is 1. The van der Waals surface area contributed by atoms with E-state index in [0.29, 0.717) is 24.8 Å². The van der Waals surface area contributed by atoms with Crippen molar-refractivity contribution in [3.8, 4) is 11.4 Å².